The number of aliphatic hydroxyl groups is 5. The maximum atomic E-state index is 13.0. The van der Waals surface area contributed by atoms with E-state index in [-0.39, 0.29) is 18.5 Å². The van der Waals surface area contributed by atoms with E-state index in [1.54, 1.807) is 6.08 Å². The van der Waals surface area contributed by atoms with Gasteiger partial charge in [-0.05, 0) is 57.8 Å². The summed E-state index contributed by atoms with van der Waals surface area (Å²) in [6, 6.07) is -0.806. The summed E-state index contributed by atoms with van der Waals surface area (Å²) in [6.07, 6.45) is 72.0. The first-order valence-corrected chi connectivity index (χ1v) is 37.6. The van der Waals surface area contributed by atoms with Crippen molar-refractivity contribution < 1.29 is 49.3 Å². The van der Waals surface area contributed by atoms with E-state index in [4.69, 9.17) is 14.2 Å². The van der Waals surface area contributed by atoms with Gasteiger partial charge in [0.2, 0.25) is 5.91 Å². The zero-order chi connectivity index (χ0) is 62.3. The number of hydrogen-bond acceptors (Lipinski definition) is 10. The minimum atomic E-state index is -1.57. The molecule has 1 heterocycles. The van der Waals surface area contributed by atoms with E-state index < -0.39 is 49.5 Å². The van der Waals surface area contributed by atoms with Gasteiger partial charge in [0.1, 0.15) is 24.4 Å². The second kappa shape index (κ2) is 64.7. The van der Waals surface area contributed by atoms with Crippen LogP contribution in [0.15, 0.2) is 24.3 Å². The summed E-state index contributed by atoms with van der Waals surface area (Å²) in [5, 5.41) is 54.4. The van der Waals surface area contributed by atoms with Gasteiger partial charge >= 0.3 is 5.97 Å². The van der Waals surface area contributed by atoms with Crippen molar-refractivity contribution in [3.8, 4) is 0 Å². The van der Waals surface area contributed by atoms with Gasteiger partial charge in [0.15, 0.2) is 6.29 Å². The van der Waals surface area contributed by atoms with Gasteiger partial charge in [-0.25, -0.2) is 0 Å². The number of unbranched alkanes of at least 4 members (excludes halogenated alkanes) is 51. The highest BCUT2D eigenvalue weighted by Gasteiger charge is 2.44. The number of hydrogen-bond donors (Lipinski definition) is 6. The van der Waals surface area contributed by atoms with E-state index >= 15 is 0 Å². The van der Waals surface area contributed by atoms with Crippen LogP contribution < -0.4 is 5.32 Å². The minimum absolute atomic E-state index is 0.0157. The van der Waals surface area contributed by atoms with Gasteiger partial charge in [0, 0.05) is 12.8 Å². The number of aliphatic hydroxyl groups excluding tert-OH is 5. The Kier molecular flexibility index (Phi) is 61.8. The van der Waals surface area contributed by atoms with Crippen LogP contribution in [0.25, 0.3) is 0 Å². The zero-order valence-corrected chi connectivity index (χ0v) is 56.6. The Morgan fingerprint density at radius 1 is 0.419 bits per heavy atom. The Bertz CT molecular complexity index is 1480. The fourth-order valence-electron chi connectivity index (χ4n) is 12.1. The highest BCUT2D eigenvalue weighted by atomic mass is 16.7. The van der Waals surface area contributed by atoms with Crippen LogP contribution in [0.5, 0.6) is 0 Å². The van der Waals surface area contributed by atoms with Crippen molar-refractivity contribution in [3.05, 3.63) is 24.3 Å². The predicted octanol–water partition coefficient (Wildman–Crippen LogP) is 19.6. The Hall–Kier alpha value is -1.86. The molecule has 7 atom stereocenters. The Balaban J connectivity index is 1.89. The number of ether oxygens (including phenoxy) is 3. The maximum absolute atomic E-state index is 13.0. The van der Waals surface area contributed by atoms with Gasteiger partial charge in [0.05, 0.1) is 32.0 Å². The molecule has 0 aromatic carbocycles. The lowest BCUT2D eigenvalue weighted by molar-refractivity contribution is -0.302. The smallest absolute Gasteiger partial charge is 0.305 e. The van der Waals surface area contributed by atoms with E-state index in [2.05, 4.69) is 31.3 Å². The van der Waals surface area contributed by atoms with Crippen molar-refractivity contribution in [3.63, 3.8) is 0 Å². The molecule has 1 saturated heterocycles. The molecule has 0 aromatic rings. The topological polar surface area (TPSA) is 175 Å². The number of carbonyl (C=O) groups is 2. The summed E-state index contributed by atoms with van der Waals surface area (Å²) in [5.74, 6) is -0.162. The quantitative estimate of drug-likeness (QED) is 0.0195. The highest BCUT2D eigenvalue weighted by molar-refractivity contribution is 5.76. The van der Waals surface area contributed by atoms with Crippen LogP contribution in [0.2, 0.25) is 0 Å². The molecule has 1 aliphatic rings. The lowest BCUT2D eigenvalue weighted by Gasteiger charge is -2.40. The molecule has 0 radical (unpaired) electrons. The first-order chi connectivity index (χ1) is 42.2. The van der Waals surface area contributed by atoms with Crippen molar-refractivity contribution >= 4 is 11.9 Å². The highest BCUT2D eigenvalue weighted by Crippen LogP contribution is 2.24. The third kappa shape index (κ3) is 52.9. The standard InChI is InChI=1S/C75H143NO10/c1-3-5-7-9-11-13-15-39-43-47-51-55-59-63-71(80)84-64-60-56-52-48-44-41-38-36-34-32-30-28-26-24-22-20-18-16-17-19-21-23-25-27-29-31-33-35-37-40-42-46-50-54-58-62-70(79)76-67(66-85-75-74(83)73(82)72(81)69(65-77)86-75)68(78)61-57-53-49-45-14-12-10-8-6-4-2/h18,20,57,61,67-69,72-75,77-78,81-83H,3-17,19,21-56,58-60,62-66H2,1-2H3,(H,76,79)/b20-18-,61-57+. The first-order valence-electron chi connectivity index (χ1n) is 37.6. The molecule has 1 rings (SSSR count). The monoisotopic (exact) mass is 1220 g/mol. The van der Waals surface area contributed by atoms with Gasteiger partial charge in [0.25, 0.3) is 0 Å². The number of esters is 1. The van der Waals surface area contributed by atoms with Crippen molar-refractivity contribution in [1.29, 1.82) is 0 Å². The molecule has 11 heteroatoms. The number of carbonyl (C=O) groups excluding carboxylic acids is 2. The molecule has 0 bridgehead atoms. The van der Waals surface area contributed by atoms with Gasteiger partial charge in [-0.3, -0.25) is 9.59 Å². The van der Waals surface area contributed by atoms with Gasteiger partial charge in [-0.15, -0.1) is 0 Å². The number of amides is 1. The Morgan fingerprint density at radius 3 is 1.12 bits per heavy atom. The SMILES string of the molecule is CCCCCCCCCC/C=C/C(O)C(COC1OC(CO)C(O)C(O)C1O)NC(=O)CCCCCCCCCCCCCCCCCCC/C=C\CCCCCCCCCCCCCCCCOC(=O)CCCCCCCCCCCCCCC. The molecule has 0 aromatic heterocycles. The lowest BCUT2D eigenvalue weighted by atomic mass is 9.99. The van der Waals surface area contributed by atoms with Crippen molar-refractivity contribution in [2.24, 2.45) is 0 Å². The van der Waals surface area contributed by atoms with Crippen LogP contribution in [0.3, 0.4) is 0 Å². The van der Waals surface area contributed by atoms with Crippen LogP contribution in [-0.4, -0.2) is 100 Å². The summed E-state index contributed by atoms with van der Waals surface area (Å²) in [5.41, 5.74) is 0. The molecule has 7 unspecified atom stereocenters. The summed E-state index contributed by atoms with van der Waals surface area (Å²) < 4.78 is 16.7. The van der Waals surface area contributed by atoms with Crippen molar-refractivity contribution in [2.45, 2.75) is 423 Å². The van der Waals surface area contributed by atoms with E-state index in [0.717, 1.165) is 51.4 Å². The van der Waals surface area contributed by atoms with Gasteiger partial charge in [-0.1, -0.05) is 334 Å². The van der Waals surface area contributed by atoms with E-state index in [9.17, 15) is 35.1 Å². The molecule has 508 valence electrons. The van der Waals surface area contributed by atoms with Gasteiger partial charge < -0.3 is 45.1 Å². The molecule has 6 N–H and O–H groups in total. The average Bonchev–Trinajstić information content (AvgIpc) is 2.53. The van der Waals surface area contributed by atoms with Gasteiger partial charge in [-0.2, -0.15) is 0 Å². The molecule has 0 spiro atoms. The largest absolute Gasteiger partial charge is 0.466 e. The fourth-order valence-corrected chi connectivity index (χ4v) is 12.1. The summed E-state index contributed by atoms with van der Waals surface area (Å²) in [7, 11) is 0. The second-order valence-electron chi connectivity index (χ2n) is 26.4. The van der Waals surface area contributed by atoms with E-state index in [1.807, 2.05) is 6.08 Å². The first kappa shape index (κ1) is 82.2. The number of allylic oxidation sites excluding steroid dienone is 3. The molecule has 86 heavy (non-hydrogen) atoms. The maximum Gasteiger partial charge on any atom is 0.305 e. The third-order valence-electron chi connectivity index (χ3n) is 18.1. The lowest BCUT2D eigenvalue weighted by Crippen LogP contribution is -2.60. The van der Waals surface area contributed by atoms with Crippen molar-refractivity contribution in [2.75, 3.05) is 19.8 Å². The van der Waals surface area contributed by atoms with Crippen LogP contribution in [-0.2, 0) is 23.8 Å². The molecule has 1 fully saturated rings. The normalized spacial score (nSPS) is 18.0. The van der Waals surface area contributed by atoms with E-state index in [1.165, 1.54) is 302 Å². The van der Waals surface area contributed by atoms with Crippen LogP contribution in [0.4, 0.5) is 0 Å². The van der Waals surface area contributed by atoms with Crippen LogP contribution >= 0.6 is 0 Å². The zero-order valence-electron chi connectivity index (χ0n) is 56.6. The molecule has 11 nitrogen and oxygen atoms in total. The summed E-state index contributed by atoms with van der Waals surface area (Å²) in [4.78, 5) is 25.1. The Labute approximate surface area is 531 Å². The Morgan fingerprint density at radius 2 is 0.744 bits per heavy atom. The van der Waals surface area contributed by atoms with Crippen LogP contribution in [0.1, 0.15) is 380 Å². The summed E-state index contributed by atoms with van der Waals surface area (Å²) in [6.45, 7) is 4.37. The molecule has 1 amide bonds. The molecular weight excluding hydrogens is 1070 g/mol. The number of rotatable bonds is 67. The van der Waals surface area contributed by atoms with Crippen LogP contribution in [0, 0.1) is 0 Å². The third-order valence-corrected chi connectivity index (χ3v) is 18.1. The molecular formula is C75H143NO10. The average molecular weight is 1220 g/mol. The number of nitrogens with one attached hydrogen (secondary N) is 1. The fraction of sp³-hybridized carbons (Fsp3) is 0.920. The molecule has 1 aliphatic heterocycles. The molecule has 0 aliphatic carbocycles. The minimum Gasteiger partial charge on any atom is -0.466 e. The second-order valence-corrected chi connectivity index (χ2v) is 26.4. The van der Waals surface area contributed by atoms with E-state index in [0.29, 0.717) is 19.4 Å². The predicted molar refractivity (Wildman–Crippen MR) is 361 cm³/mol. The molecule has 0 saturated carbocycles. The summed E-state index contributed by atoms with van der Waals surface area (Å²) >= 11 is 0. The van der Waals surface area contributed by atoms with Crippen molar-refractivity contribution in [1.82, 2.24) is 5.32 Å².